The van der Waals surface area contributed by atoms with Gasteiger partial charge >= 0.3 is 0 Å². The molecule has 0 spiro atoms. The first-order chi connectivity index (χ1) is 26.0. The number of aromatic hydroxyl groups is 1. The van der Waals surface area contributed by atoms with Crippen molar-refractivity contribution >= 4 is 44.2 Å². The van der Waals surface area contributed by atoms with Gasteiger partial charge in [-0.05, 0) is 131 Å². The zero-order valence-electron chi connectivity index (χ0n) is 30.6. The zero-order chi connectivity index (χ0) is 38.4. The number of nitrogens with one attached hydrogen (secondary N) is 1. The van der Waals surface area contributed by atoms with E-state index in [2.05, 4.69) is 33.4 Å². The molecule has 1 unspecified atom stereocenters. The van der Waals surface area contributed by atoms with Crippen LogP contribution in [0.1, 0.15) is 50.0 Å². The number of ether oxygens (including phenoxy) is 1. The minimum atomic E-state index is -3.77. The van der Waals surface area contributed by atoms with Gasteiger partial charge in [-0.2, -0.15) is 9.78 Å². The number of aliphatic hydroxyl groups excluding tert-OH is 1. The molecule has 0 fully saturated rings. The molecule has 1 aromatic heterocycles. The maximum absolute atomic E-state index is 12.9. The van der Waals surface area contributed by atoms with Gasteiger partial charge in [0.05, 0.1) is 27.8 Å². The number of aryl methyl sites for hydroxylation is 3. The summed E-state index contributed by atoms with van der Waals surface area (Å²) in [6.07, 6.45) is 1.42. The molecule has 1 aliphatic heterocycles. The number of sulfone groups is 1. The molecule has 2 heterocycles. The van der Waals surface area contributed by atoms with Crippen molar-refractivity contribution in [2.24, 2.45) is 10.1 Å². The van der Waals surface area contributed by atoms with Gasteiger partial charge in [0, 0.05) is 30.9 Å². The van der Waals surface area contributed by atoms with Crippen LogP contribution in [0, 0.1) is 6.92 Å². The Morgan fingerprint density at radius 1 is 0.944 bits per heavy atom. The van der Waals surface area contributed by atoms with E-state index in [1.807, 2.05) is 50.2 Å². The van der Waals surface area contributed by atoms with Gasteiger partial charge in [0.15, 0.2) is 11.9 Å². The molecule has 1 aliphatic rings. The molecule has 14 heteroatoms. The van der Waals surface area contributed by atoms with E-state index in [-0.39, 0.29) is 28.1 Å². The molecule has 13 nitrogen and oxygen atoms in total. The summed E-state index contributed by atoms with van der Waals surface area (Å²) >= 11 is 0. The van der Waals surface area contributed by atoms with Gasteiger partial charge in [-0.15, -0.1) is 10.2 Å². The molecule has 0 radical (unpaired) electrons. The van der Waals surface area contributed by atoms with Gasteiger partial charge in [-0.25, -0.2) is 13.4 Å². The predicted molar refractivity (Wildman–Crippen MR) is 208 cm³/mol. The number of rotatable bonds is 15. The first kappa shape index (κ1) is 37.9. The van der Waals surface area contributed by atoms with Crippen molar-refractivity contribution < 1.29 is 28.2 Å². The van der Waals surface area contributed by atoms with E-state index in [0.29, 0.717) is 35.9 Å². The lowest BCUT2D eigenvalue weighted by molar-refractivity contribution is -0.122. The second kappa shape index (κ2) is 16.4. The van der Waals surface area contributed by atoms with Crippen molar-refractivity contribution in [1.82, 2.24) is 14.9 Å². The first-order valence-electron chi connectivity index (χ1n) is 17.7. The minimum Gasteiger partial charge on any atom is -0.508 e. The third-order valence-corrected chi connectivity index (χ3v) is 10.9. The molecular weight excluding hydrogens is 707 g/mol. The van der Waals surface area contributed by atoms with E-state index in [1.165, 1.54) is 48.5 Å². The number of aliphatic hydroxyl groups is 1. The average molecular weight is 750 g/mol. The molecule has 0 saturated carbocycles. The van der Waals surface area contributed by atoms with E-state index in [0.717, 1.165) is 53.4 Å². The largest absolute Gasteiger partial charge is 0.508 e. The van der Waals surface area contributed by atoms with E-state index in [1.54, 1.807) is 11.6 Å². The Labute approximate surface area is 314 Å². The van der Waals surface area contributed by atoms with Crippen LogP contribution in [0.5, 0.6) is 11.5 Å². The number of amides is 1. The number of aromatic nitrogens is 3. The highest BCUT2D eigenvalue weighted by molar-refractivity contribution is 7.91. The number of fused-ring (bicyclic) bond motifs is 1. The number of likely N-dealkylation sites (N-methyl/N-ethyl adjacent to an activating group) is 1. The summed E-state index contributed by atoms with van der Waals surface area (Å²) in [5, 5.41) is 35.2. The number of nitrogens with zero attached hydrogens (tertiary/aromatic N) is 6. The Balaban J connectivity index is 0.997. The number of phenols is 1. The molecule has 280 valence electrons. The van der Waals surface area contributed by atoms with Crippen molar-refractivity contribution in [3.05, 3.63) is 114 Å². The number of phenolic OH excluding ortho intramolecular Hbond substituents is 1. The monoisotopic (exact) mass is 749 g/mol. The van der Waals surface area contributed by atoms with Gasteiger partial charge in [-0.1, -0.05) is 12.1 Å². The number of anilines is 2. The topological polar surface area (TPSA) is 172 Å². The minimum absolute atomic E-state index is 0.0233. The molecule has 3 N–H and O–H groups in total. The summed E-state index contributed by atoms with van der Waals surface area (Å²) in [6.45, 7) is 9.08. The van der Waals surface area contributed by atoms with Gasteiger partial charge in [0.2, 0.25) is 15.7 Å². The number of carbonyl (C=O) groups is 1. The van der Waals surface area contributed by atoms with Gasteiger partial charge in [0.1, 0.15) is 17.2 Å². The van der Waals surface area contributed by atoms with E-state index >= 15 is 0 Å². The maximum Gasteiger partial charge on any atom is 0.265 e. The van der Waals surface area contributed by atoms with Gasteiger partial charge in [0.25, 0.3) is 5.91 Å². The Morgan fingerprint density at radius 3 is 2.28 bits per heavy atom. The summed E-state index contributed by atoms with van der Waals surface area (Å²) in [5.41, 5.74) is 6.08. The van der Waals surface area contributed by atoms with Crippen LogP contribution in [-0.4, -0.2) is 76.6 Å². The standard InChI is InChI=1S/C40H43N7O6S/c1-5-46(23-24-48)31-13-22-36(26(2)25-31)42-38-27(3)45-47-37(43-44-39(38)47)8-6-7-29-9-11-30(12-10-29)41-40(50)28(4)53-33-16-20-35(21-17-33)54(51,52)34-18-14-32(49)15-19-34/h9-22,25,28,48-49H,5-8,23-24H2,1-4H3,(H,41,50). The van der Waals surface area contributed by atoms with Crippen LogP contribution in [-0.2, 0) is 27.5 Å². The van der Waals surface area contributed by atoms with Crippen LogP contribution in [0.4, 0.5) is 17.1 Å². The normalized spacial score (nSPS) is 13.7. The second-order valence-corrected chi connectivity index (χ2v) is 14.9. The number of carbonyl (C=O) groups excluding carboxylic acids is 1. The lowest BCUT2D eigenvalue weighted by Gasteiger charge is -2.22. The summed E-state index contributed by atoms with van der Waals surface area (Å²) in [6, 6.07) is 24.8. The third-order valence-electron chi connectivity index (χ3n) is 9.09. The van der Waals surface area contributed by atoms with Crippen LogP contribution in [0.15, 0.2) is 111 Å². The Morgan fingerprint density at radius 2 is 1.63 bits per heavy atom. The third kappa shape index (κ3) is 8.50. The lowest BCUT2D eigenvalue weighted by atomic mass is 10.1. The number of aliphatic imine (C=N–C) groups is 1. The highest BCUT2D eigenvalue weighted by Gasteiger charge is 2.26. The fraction of sp³-hybridized carbons (Fsp3) is 0.275. The first-order valence-corrected chi connectivity index (χ1v) is 19.2. The molecule has 54 heavy (non-hydrogen) atoms. The zero-order valence-corrected chi connectivity index (χ0v) is 31.4. The van der Waals surface area contributed by atoms with Crippen LogP contribution in [0.3, 0.4) is 0 Å². The molecular formula is C40H43N7O6S. The maximum atomic E-state index is 12.9. The Bertz CT molecular complexity index is 2280. The van der Waals surface area contributed by atoms with E-state index < -0.39 is 15.9 Å². The summed E-state index contributed by atoms with van der Waals surface area (Å²) in [4.78, 5) is 20.0. The number of hydrogen-bond donors (Lipinski definition) is 3. The van der Waals surface area contributed by atoms with Crippen LogP contribution >= 0.6 is 0 Å². The lowest BCUT2D eigenvalue weighted by Crippen LogP contribution is -2.30. The quantitative estimate of drug-likeness (QED) is 0.118. The van der Waals surface area contributed by atoms with E-state index in [9.17, 15) is 23.4 Å². The molecule has 6 rings (SSSR count). The highest BCUT2D eigenvalue weighted by atomic mass is 32.2. The molecule has 4 aromatic carbocycles. The molecule has 1 atom stereocenters. The molecule has 1 amide bonds. The van der Waals surface area contributed by atoms with Gasteiger partial charge in [-0.3, -0.25) is 4.79 Å². The van der Waals surface area contributed by atoms with E-state index in [4.69, 9.17) is 14.8 Å². The highest BCUT2D eigenvalue weighted by Crippen LogP contribution is 2.28. The summed E-state index contributed by atoms with van der Waals surface area (Å²) in [5.74, 6) is 1.35. The van der Waals surface area contributed by atoms with Crippen LogP contribution in [0.25, 0.3) is 0 Å². The second-order valence-electron chi connectivity index (χ2n) is 12.9. The average Bonchev–Trinajstić information content (AvgIpc) is 3.70. The van der Waals surface area contributed by atoms with Crippen molar-refractivity contribution in [3.63, 3.8) is 0 Å². The fourth-order valence-corrected chi connectivity index (χ4v) is 7.31. The fourth-order valence-electron chi connectivity index (χ4n) is 6.05. The Hall–Kier alpha value is -5.86. The van der Waals surface area contributed by atoms with Crippen molar-refractivity contribution in [2.75, 3.05) is 29.9 Å². The summed E-state index contributed by atoms with van der Waals surface area (Å²) in [7, 11) is -3.77. The van der Waals surface area contributed by atoms with Crippen LogP contribution in [0.2, 0.25) is 0 Å². The van der Waals surface area contributed by atoms with Crippen molar-refractivity contribution in [3.8, 4) is 11.5 Å². The smallest absolute Gasteiger partial charge is 0.265 e. The molecule has 0 bridgehead atoms. The Kier molecular flexibility index (Phi) is 11.5. The number of hydrogen-bond acceptors (Lipinski definition) is 11. The van der Waals surface area contributed by atoms with Crippen molar-refractivity contribution in [2.45, 2.75) is 62.9 Å². The van der Waals surface area contributed by atoms with Crippen molar-refractivity contribution in [1.29, 1.82) is 0 Å². The van der Waals surface area contributed by atoms with Crippen LogP contribution < -0.4 is 15.0 Å². The predicted octanol–water partition coefficient (Wildman–Crippen LogP) is 5.88. The molecule has 0 saturated heterocycles. The van der Waals surface area contributed by atoms with Gasteiger partial charge < -0.3 is 25.2 Å². The number of benzene rings is 4. The molecule has 5 aromatic rings. The molecule has 0 aliphatic carbocycles. The SMILES string of the molecule is CCN(CCO)c1ccc(N=C2C(C)=Nn3c(CCCc4ccc(NC(=O)C(C)Oc5ccc(S(=O)(=O)c6ccc(O)cc6)cc5)cc4)nnc32)c(C)c1. The summed E-state index contributed by atoms with van der Waals surface area (Å²) < 4.78 is 33.3.